The van der Waals surface area contributed by atoms with Crippen LogP contribution in [0.5, 0.6) is 5.75 Å². The molecule has 0 bridgehead atoms. The Morgan fingerprint density at radius 2 is 2.38 bits per heavy atom. The van der Waals surface area contributed by atoms with Gasteiger partial charge in [0, 0.05) is 5.92 Å². The average molecular weight is 216 g/mol. The zero-order valence-corrected chi connectivity index (χ0v) is 9.32. The predicted molar refractivity (Wildman–Crippen MR) is 63.9 cm³/mol. The van der Waals surface area contributed by atoms with E-state index in [2.05, 4.69) is 12.6 Å². The van der Waals surface area contributed by atoms with Gasteiger partial charge < -0.3 is 9.53 Å². The van der Waals surface area contributed by atoms with Gasteiger partial charge in [-0.15, -0.1) is 0 Å². The minimum atomic E-state index is 0.0807. The van der Waals surface area contributed by atoms with Crippen LogP contribution in [0.4, 0.5) is 0 Å². The molecule has 0 spiro atoms. The van der Waals surface area contributed by atoms with E-state index >= 15 is 0 Å². The first kappa shape index (κ1) is 10.9. The zero-order valence-electron chi connectivity index (χ0n) is 9.32. The van der Waals surface area contributed by atoms with E-state index in [-0.39, 0.29) is 5.92 Å². The summed E-state index contributed by atoms with van der Waals surface area (Å²) in [5, 5.41) is 0. The van der Waals surface area contributed by atoms with Crippen molar-refractivity contribution in [2.45, 2.75) is 25.2 Å². The van der Waals surface area contributed by atoms with Crippen molar-refractivity contribution in [3.8, 4) is 5.75 Å². The molecular formula is C14H16O2. The van der Waals surface area contributed by atoms with Gasteiger partial charge in [-0.2, -0.15) is 0 Å². The normalized spacial score (nSPS) is 18.6. The summed E-state index contributed by atoms with van der Waals surface area (Å²) < 4.78 is 5.48. The Morgan fingerprint density at radius 1 is 1.50 bits per heavy atom. The van der Waals surface area contributed by atoms with Gasteiger partial charge in [-0.25, -0.2) is 0 Å². The first-order valence-corrected chi connectivity index (χ1v) is 5.67. The maximum absolute atomic E-state index is 10.9. The number of aryl methyl sites for hydroxylation is 1. The molecule has 1 atom stereocenters. The minimum Gasteiger partial charge on any atom is -0.490 e. The molecule has 0 saturated carbocycles. The fourth-order valence-corrected chi connectivity index (χ4v) is 2.21. The van der Waals surface area contributed by atoms with Gasteiger partial charge in [0.2, 0.25) is 0 Å². The molecular weight excluding hydrogens is 200 g/mol. The Hall–Kier alpha value is -1.57. The topological polar surface area (TPSA) is 26.3 Å². The molecule has 0 amide bonds. The SMILES string of the molecule is C=CCOc1ccc2c(c1)CCCC2C=O. The molecule has 0 radical (unpaired) electrons. The smallest absolute Gasteiger partial charge is 0.127 e. The summed E-state index contributed by atoms with van der Waals surface area (Å²) in [5.41, 5.74) is 2.43. The van der Waals surface area contributed by atoms with Crippen molar-refractivity contribution in [2.24, 2.45) is 0 Å². The first-order chi connectivity index (χ1) is 7.85. The Morgan fingerprint density at radius 3 is 3.12 bits per heavy atom. The monoisotopic (exact) mass is 216 g/mol. The molecule has 2 heteroatoms. The molecule has 16 heavy (non-hydrogen) atoms. The number of benzene rings is 1. The van der Waals surface area contributed by atoms with E-state index in [9.17, 15) is 4.79 Å². The lowest BCUT2D eigenvalue weighted by molar-refractivity contribution is -0.109. The number of rotatable bonds is 4. The summed E-state index contributed by atoms with van der Waals surface area (Å²) in [7, 11) is 0. The van der Waals surface area contributed by atoms with E-state index in [1.165, 1.54) is 11.1 Å². The third kappa shape index (κ3) is 2.16. The molecule has 84 valence electrons. The second-order valence-electron chi connectivity index (χ2n) is 4.10. The molecule has 1 aromatic rings. The summed E-state index contributed by atoms with van der Waals surface area (Å²) >= 11 is 0. The summed E-state index contributed by atoms with van der Waals surface area (Å²) in [6.07, 6.45) is 5.89. The van der Waals surface area contributed by atoms with Crippen molar-refractivity contribution in [3.63, 3.8) is 0 Å². The van der Waals surface area contributed by atoms with Crippen molar-refractivity contribution < 1.29 is 9.53 Å². The molecule has 1 aliphatic rings. The number of carbonyl (C=O) groups is 1. The van der Waals surface area contributed by atoms with E-state index < -0.39 is 0 Å². The Balaban J connectivity index is 2.24. The minimum absolute atomic E-state index is 0.0807. The van der Waals surface area contributed by atoms with Crippen molar-refractivity contribution in [1.29, 1.82) is 0 Å². The first-order valence-electron chi connectivity index (χ1n) is 5.67. The molecule has 1 aliphatic carbocycles. The van der Waals surface area contributed by atoms with Gasteiger partial charge in [-0.1, -0.05) is 18.7 Å². The van der Waals surface area contributed by atoms with Crippen molar-refractivity contribution in [1.82, 2.24) is 0 Å². The predicted octanol–water partition coefficient (Wildman–Crippen LogP) is 2.87. The number of fused-ring (bicyclic) bond motifs is 1. The van der Waals surface area contributed by atoms with Crippen LogP contribution in [-0.4, -0.2) is 12.9 Å². The lowest BCUT2D eigenvalue weighted by Crippen LogP contribution is -2.11. The van der Waals surface area contributed by atoms with Gasteiger partial charge in [0.05, 0.1) is 0 Å². The van der Waals surface area contributed by atoms with Gasteiger partial charge in [-0.05, 0) is 42.5 Å². The Bertz CT molecular complexity index is 396. The van der Waals surface area contributed by atoms with Gasteiger partial charge >= 0.3 is 0 Å². The van der Waals surface area contributed by atoms with E-state index in [1.807, 2.05) is 12.1 Å². The van der Waals surface area contributed by atoms with Crippen LogP contribution in [0.3, 0.4) is 0 Å². The maximum atomic E-state index is 10.9. The summed E-state index contributed by atoms with van der Waals surface area (Å²) in [4.78, 5) is 10.9. The van der Waals surface area contributed by atoms with Gasteiger partial charge in [0.1, 0.15) is 18.6 Å². The highest BCUT2D eigenvalue weighted by Gasteiger charge is 2.19. The zero-order chi connectivity index (χ0) is 11.4. The molecule has 0 aromatic heterocycles. The standard InChI is InChI=1S/C14H16O2/c1-2-8-16-13-6-7-14-11(9-13)4-3-5-12(14)10-15/h2,6-7,9-10,12H,1,3-5,8H2. The summed E-state index contributed by atoms with van der Waals surface area (Å²) in [6, 6.07) is 6.00. The second kappa shape index (κ2) is 4.97. The van der Waals surface area contributed by atoms with E-state index in [0.29, 0.717) is 6.61 Å². The molecule has 0 fully saturated rings. The molecule has 0 saturated heterocycles. The molecule has 2 rings (SSSR count). The summed E-state index contributed by atoms with van der Waals surface area (Å²) in [5.74, 6) is 0.947. The molecule has 1 unspecified atom stereocenters. The molecule has 0 aliphatic heterocycles. The molecule has 0 N–H and O–H groups in total. The van der Waals surface area contributed by atoms with E-state index in [1.54, 1.807) is 6.08 Å². The number of carbonyl (C=O) groups excluding carboxylic acids is 1. The summed E-state index contributed by atoms with van der Waals surface area (Å²) in [6.45, 7) is 4.14. The fourth-order valence-electron chi connectivity index (χ4n) is 2.21. The highest BCUT2D eigenvalue weighted by Crippen LogP contribution is 2.32. The van der Waals surface area contributed by atoms with Crippen LogP contribution in [0.2, 0.25) is 0 Å². The van der Waals surface area contributed by atoms with Crippen LogP contribution in [0.25, 0.3) is 0 Å². The molecule has 2 nitrogen and oxygen atoms in total. The third-order valence-electron chi connectivity index (χ3n) is 3.01. The largest absolute Gasteiger partial charge is 0.490 e. The second-order valence-corrected chi connectivity index (χ2v) is 4.10. The van der Waals surface area contributed by atoms with Crippen LogP contribution < -0.4 is 4.74 Å². The Labute approximate surface area is 95.9 Å². The lowest BCUT2D eigenvalue weighted by atomic mass is 9.83. The number of hydrogen-bond acceptors (Lipinski definition) is 2. The lowest BCUT2D eigenvalue weighted by Gasteiger charge is -2.21. The van der Waals surface area contributed by atoms with Crippen LogP contribution in [-0.2, 0) is 11.2 Å². The van der Waals surface area contributed by atoms with Crippen molar-refractivity contribution in [3.05, 3.63) is 42.0 Å². The highest BCUT2D eigenvalue weighted by molar-refractivity contribution is 5.64. The molecule has 0 heterocycles. The van der Waals surface area contributed by atoms with Gasteiger partial charge in [0.25, 0.3) is 0 Å². The van der Waals surface area contributed by atoms with E-state index in [4.69, 9.17) is 4.74 Å². The average Bonchev–Trinajstić information content (AvgIpc) is 2.35. The third-order valence-corrected chi connectivity index (χ3v) is 3.01. The number of ether oxygens (including phenoxy) is 1. The number of aldehydes is 1. The van der Waals surface area contributed by atoms with Crippen molar-refractivity contribution >= 4 is 6.29 Å². The van der Waals surface area contributed by atoms with Gasteiger partial charge in [0.15, 0.2) is 0 Å². The Kier molecular flexibility index (Phi) is 3.40. The molecule has 1 aromatic carbocycles. The quantitative estimate of drug-likeness (QED) is 0.571. The van der Waals surface area contributed by atoms with Crippen LogP contribution in [0, 0.1) is 0 Å². The van der Waals surface area contributed by atoms with Crippen LogP contribution >= 0.6 is 0 Å². The fraction of sp³-hybridized carbons (Fsp3) is 0.357. The highest BCUT2D eigenvalue weighted by atomic mass is 16.5. The van der Waals surface area contributed by atoms with Gasteiger partial charge in [-0.3, -0.25) is 0 Å². The van der Waals surface area contributed by atoms with Crippen molar-refractivity contribution in [2.75, 3.05) is 6.61 Å². The number of hydrogen-bond donors (Lipinski definition) is 0. The van der Waals surface area contributed by atoms with Crippen LogP contribution in [0.15, 0.2) is 30.9 Å². The maximum Gasteiger partial charge on any atom is 0.127 e. The van der Waals surface area contributed by atoms with Crippen LogP contribution in [0.1, 0.15) is 29.9 Å². The van der Waals surface area contributed by atoms with E-state index in [0.717, 1.165) is 31.3 Å².